The maximum atomic E-state index is 14.9. The number of hydrogen-bond donors (Lipinski definition) is 3. The molecule has 0 radical (unpaired) electrons. The first-order valence-electron chi connectivity index (χ1n) is 12.2. The normalized spacial score (nSPS) is 15.5. The van der Waals surface area contributed by atoms with Crippen molar-refractivity contribution in [2.24, 2.45) is 0 Å². The molecule has 0 bridgehead atoms. The fourth-order valence-electron chi connectivity index (χ4n) is 4.07. The number of anilines is 2. The van der Waals surface area contributed by atoms with Gasteiger partial charge in [-0.1, -0.05) is 29.8 Å². The molecule has 1 atom stereocenters. The molecule has 0 spiro atoms. The number of aromatic nitrogens is 4. The summed E-state index contributed by atoms with van der Waals surface area (Å²) >= 11 is 6.06. The highest BCUT2D eigenvalue weighted by Gasteiger charge is 2.19. The van der Waals surface area contributed by atoms with E-state index in [9.17, 15) is 12.8 Å². The van der Waals surface area contributed by atoms with Crippen LogP contribution in [0.4, 0.5) is 16.0 Å². The number of halogens is 2. The molecule has 10 nitrogen and oxygen atoms in total. The van der Waals surface area contributed by atoms with Crippen LogP contribution in [0, 0.1) is 5.82 Å². The summed E-state index contributed by atoms with van der Waals surface area (Å²) in [5, 5.41) is 6.97. The molecule has 1 fully saturated rings. The summed E-state index contributed by atoms with van der Waals surface area (Å²) < 4.78 is 48.2. The van der Waals surface area contributed by atoms with Gasteiger partial charge >= 0.3 is 0 Å². The van der Waals surface area contributed by atoms with Crippen molar-refractivity contribution in [2.75, 3.05) is 23.1 Å². The molecule has 2 aromatic carbocycles. The fraction of sp³-hybridized carbons (Fsp3) is 0.231. The summed E-state index contributed by atoms with van der Waals surface area (Å²) in [6.07, 6.45) is 6.64. The average Bonchev–Trinajstić information content (AvgIpc) is 2.92. The number of piperidine rings is 1. The van der Waals surface area contributed by atoms with Crippen molar-refractivity contribution in [1.29, 1.82) is 0 Å². The summed E-state index contributed by atoms with van der Waals surface area (Å²) in [6, 6.07) is 12.2. The smallest absolute Gasteiger partial charge is 0.247 e. The molecule has 1 saturated heterocycles. The van der Waals surface area contributed by atoms with Gasteiger partial charge in [0.1, 0.15) is 5.75 Å². The Bertz CT molecular complexity index is 1570. The van der Waals surface area contributed by atoms with Gasteiger partial charge in [0.05, 0.1) is 17.1 Å². The largest absolute Gasteiger partial charge is 0.437 e. The van der Waals surface area contributed by atoms with Crippen LogP contribution in [0.1, 0.15) is 18.4 Å². The van der Waals surface area contributed by atoms with Crippen LogP contribution >= 0.6 is 11.6 Å². The Hall–Kier alpha value is -3.87. The molecule has 0 saturated carbocycles. The molecule has 3 N–H and O–H groups in total. The van der Waals surface area contributed by atoms with Crippen LogP contribution in [0.5, 0.6) is 11.6 Å². The van der Waals surface area contributed by atoms with Gasteiger partial charge in [0, 0.05) is 42.3 Å². The van der Waals surface area contributed by atoms with Gasteiger partial charge in [0.2, 0.25) is 21.9 Å². The summed E-state index contributed by atoms with van der Waals surface area (Å²) in [5.41, 5.74) is 0.997. The molecule has 0 unspecified atom stereocenters. The number of nitrogens with zero attached hydrogens (tertiary/aromatic N) is 4. The fourth-order valence-corrected chi connectivity index (χ4v) is 5.59. The highest BCUT2D eigenvalue weighted by atomic mass is 35.5. The Labute approximate surface area is 230 Å². The van der Waals surface area contributed by atoms with E-state index in [1.54, 1.807) is 36.5 Å². The molecule has 39 heavy (non-hydrogen) atoms. The van der Waals surface area contributed by atoms with Gasteiger partial charge in [-0.05, 0) is 49.2 Å². The summed E-state index contributed by atoms with van der Waals surface area (Å²) in [6.45, 7) is 1.82. The van der Waals surface area contributed by atoms with Crippen molar-refractivity contribution < 1.29 is 17.5 Å². The predicted octanol–water partition coefficient (Wildman–Crippen LogP) is 4.62. The van der Waals surface area contributed by atoms with Gasteiger partial charge in [0.15, 0.2) is 11.5 Å². The average molecular weight is 570 g/mol. The molecule has 0 aliphatic carbocycles. The molecule has 202 valence electrons. The van der Waals surface area contributed by atoms with Gasteiger partial charge in [-0.15, -0.1) is 0 Å². The number of nitrogens with one attached hydrogen (secondary N) is 3. The first kappa shape index (κ1) is 26.7. The number of hydrogen-bond acceptors (Lipinski definition) is 9. The van der Waals surface area contributed by atoms with E-state index in [1.807, 2.05) is 0 Å². The molecule has 3 heterocycles. The van der Waals surface area contributed by atoms with E-state index < -0.39 is 21.6 Å². The van der Waals surface area contributed by atoms with Crippen LogP contribution in [0.2, 0.25) is 5.02 Å². The molecule has 1 aliphatic rings. The van der Waals surface area contributed by atoms with Crippen molar-refractivity contribution >= 4 is 33.3 Å². The first-order valence-corrected chi connectivity index (χ1v) is 14.2. The third-order valence-electron chi connectivity index (χ3n) is 5.92. The van der Waals surface area contributed by atoms with Crippen molar-refractivity contribution in [3.8, 4) is 23.0 Å². The van der Waals surface area contributed by atoms with Crippen molar-refractivity contribution in [3.63, 3.8) is 0 Å². The third kappa shape index (κ3) is 6.96. The zero-order valence-corrected chi connectivity index (χ0v) is 22.2. The predicted molar refractivity (Wildman–Crippen MR) is 147 cm³/mol. The van der Waals surface area contributed by atoms with E-state index in [2.05, 4.69) is 35.3 Å². The SMILES string of the molecule is O=S(=O)(Cc1ccccc1Cl)Nc1ccc(Oc2nccnc2-c2ccnc(N[C@H]3CCCNC3)n2)cc1F. The minimum absolute atomic E-state index is 0.101. The van der Waals surface area contributed by atoms with Crippen molar-refractivity contribution in [2.45, 2.75) is 24.6 Å². The number of rotatable bonds is 9. The second-order valence-electron chi connectivity index (χ2n) is 8.86. The molecular weight excluding hydrogens is 545 g/mol. The van der Waals surface area contributed by atoms with Crippen LogP contribution in [0.3, 0.4) is 0 Å². The van der Waals surface area contributed by atoms with E-state index in [-0.39, 0.29) is 23.4 Å². The zero-order chi connectivity index (χ0) is 27.2. The Morgan fingerprint density at radius 1 is 1.08 bits per heavy atom. The summed E-state index contributed by atoms with van der Waals surface area (Å²) in [4.78, 5) is 17.5. The van der Waals surface area contributed by atoms with Gasteiger partial charge in [-0.25, -0.2) is 32.7 Å². The molecular formula is C26H25ClFN7O3S. The summed E-state index contributed by atoms with van der Waals surface area (Å²) in [5.74, 6) is -0.565. The Balaban J connectivity index is 1.31. The molecule has 5 rings (SSSR count). The standard InChI is InChI=1S/C26H25ClFN7O3S/c27-20-6-2-1-4-17(20)16-39(36,37)35-22-8-7-19(14-21(22)28)38-25-24(30-12-13-31-25)23-9-11-32-26(34-23)33-18-5-3-10-29-15-18/h1-2,4,6-9,11-14,18,29,35H,3,5,10,15-16H2,(H,32,33,34)/t18-/m0/s1. The molecule has 13 heteroatoms. The summed E-state index contributed by atoms with van der Waals surface area (Å²) in [7, 11) is -3.92. The first-order chi connectivity index (χ1) is 18.9. The van der Waals surface area contributed by atoms with Gasteiger partial charge in [-0.3, -0.25) is 4.72 Å². The minimum atomic E-state index is -3.92. The van der Waals surface area contributed by atoms with E-state index in [1.165, 1.54) is 24.5 Å². The van der Waals surface area contributed by atoms with Crippen LogP contribution in [0.25, 0.3) is 11.4 Å². The van der Waals surface area contributed by atoms with E-state index in [0.717, 1.165) is 32.0 Å². The Kier molecular flexibility index (Phi) is 8.15. The molecule has 2 aromatic heterocycles. The molecule has 1 aliphatic heterocycles. The van der Waals surface area contributed by atoms with Crippen molar-refractivity contribution in [3.05, 3.63) is 83.5 Å². The second-order valence-corrected chi connectivity index (χ2v) is 11.0. The monoisotopic (exact) mass is 569 g/mol. The van der Waals surface area contributed by atoms with Crippen molar-refractivity contribution in [1.82, 2.24) is 25.3 Å². The molecule has 4 aromatic rings. The number of benzene rings is 2. The maximum Gasteiger partial charge on any atom is 0.247 e. The van der Waals surface area contributed by atoms with E-state index in [0.29, 0.717) is 27.9 Å². The lowest BCUT2D eigenvalue weighted by Gasteiger charge is -2.23. The lowest BCUT2D eigenvalue weighted by molar-refractivity contribution is 0.457. The van der Waals surface area contributed by atoms with E-state index in [4.69, 9.17) is 16.3 Å². The highest BCUT2D eigenvalue weighted by molar-refractivity contribution is 7.91. The van der Waals surface area contributed by atoms with Gasteiger partial charge < -0.3 is 15.4 Å². The number of sulfonamides is 1. The lowest BCUT2D eigenvalue weighted by Crippen LogP contribution is -2.38. The Morgan fingerprint density at radius 3 is 2.72 bits per heavy atom. The second kappa shape index (κ2) is 11.9. The quantitative estimate of drug-likeness (QED) is 0.264. The third-order valence-corrected chi connectivity index (χ3v) is 7.51. The van der Waals surface area contributed by atoms with Gasteiger partial charge in [-0.2, -0.15) is 0 Å². The van der Waals surface area contributed by atoms with Crippen LogP contribution in [0.15, 0.2) is 67.1 Å². The topological polar surface area (TPSA) is 131 Å². The zero-order valence-electron chi connectivity index (χ0n) is 20.6. The number of ether oxygens (including phenoxy) is 1. The van der Waals surface area contributed by atoms with Crippen LogP contribution < -0.4 is 20.1 Å². The van der Waals surface area contributed by atoms with E-state index >= 15 is 0 Å². The maximum absolute atomic E-state index is 14.9. The lowest BCUT2D eigenvalue weighted by atomic mass is 10.1. The van der Waals surface area contributed by atoms with Gasteiger partial charge in [0.25, 0.3) is 0 Å². The molecule has 0 amide bonds. The van der Waals surface area contributed by atoms with Crippen LogP contribution in [-0.2, 0) is 15.8 Å². The highest BCUT2D eigenvalue weighted by Crippen LogP contribution is 2.31. The van der Waals surface area contributed by atoms with Crippen LogP contribution in [-0.4, -0.2) is 47.5 Å². The minimum Gasteiger partial charge on any atom is -0.437 e. The Morgan fingerprint density at radius 2 is 1.92 bits per heavy atom.